The SMILES string of the molecule is Cc1ccc(NC(=O)CSc2nc3scc(-c4ccc5c(c4)CCCC5)c3c(=O)[nH]2)c(C)c1. The Labute approximate surface area is 200 Å². The molecular weight excluding hydrogens is 450 g/mol. The van der Waals surface area contributed by atoms with Gasteiger partial charge in [-0.25, -0.2) is 4.98 Å². The standard InChI is InChI=1S/C26H25N3O2S2/c1-15-7-10-21(16(2)11-15)27-22(30)14-33-26-28-24(31)23-20(13-32-25(23)29-26)19-9-8-17-5-3-4-6-18(17)12-19/h7-13H,3-6,14H2,1-2H3,(H,27,30)(H,28,29,31). The van der Waals surface area contributed by atoms with Gasteiger partial charge in [-0.2, -0.15) is 0 Å². The lowest BCUT2D eigenvalue weighted by Crippen LogP contribution is -2.16. The Morgan fingerprint density at radius 2 is 1.94 bits per heavy atom. The summed E-state index contributed by atoms with van der Waals surface area (Å²) in [5.41, 5.74) is 7.64. The van der Waals surface area contributed by atoms with Crippen molar-refractivity contribution in [3.05, 3.63) is 74.4 Å². The van der Waals surface area contributed by atoms with Gasteiger partial charge < -0.3 is 10.3 Å². The van der Waals surface area contributed by atoms with Crippen LogP contribution in [0.4, 0.5) is 5.69 Å². The third-order valence-electron chi connectivity index (χ3n) is 6.08. The van der Waals surface area contributed by atoms with E-state index in [0.29, 0.717) is 15.4 Å². The lowest BCUT2D eigenvalue weighted by molar-refractivity contribution is -0.113. The fraction of sp³-hybridized carbons (Fsp3) is 0.269. The van der Waals surface area contributed by atoms with Crippen LogP contribution in [0, 0.1) is 13.8 Å². The van der Waals surface area contributed by atoms with E-state index < -0.39 is 0 Å². The van der Waals surface area contributed by atoms with Gasteiger partial charge in [-0.3, -0.25) is 9.59 Å². The summed E-state index contributed by atoms with van der Waals surface area (Å²) in [7, 11) is 0. The fourth-order valence-corrected chi connectivity index (χ4v) is 6.05. The van der Waals surface area contributed by atoms with Crippen LogP contribution in [-0.4, -0.2) is 21.6 Å². The molecule has 0 radical (unpaired) electrons. The zero-order valence-electron chi connectivity index (χ0n) is 18.7. The zero-order chi connectivity index (χ0) is 22.9. The van der Waals surface area contributed by atoms with Crippen molar-refractivity contribution in [2.45, 2.75) is 44.7 Å². The van der Waals surface area contributed by atoms with E-state index in [0.717, 1.165) is 40.8 Å². The molecule has 0 bridgehead atoms. The molecule has 2 aromatic heterocycles. The van der Waals surface area contributed by atoms with E-state index in [1.165, 1.54) is 47.1 Å². The normalized spacial score (nSPS) is 13.2. The highest BCUT2D eigenvalue weighted by molar-refractivity contribution is 7.99. The minimum atomic E-state index is -0.161. The number of amides is 1. The van der Waals surface area contributed by atoms with E-state index in [1.807, 2.05) is 37.4 Å². The molecule has 1 aliphatic rings. The number of anilines is 1. The number of H-pyrrole nitrogens is 1. The zero-order valence-corrected chi connectivity index (χ0v) is 20.3. The maximum absolute atomic E-state index is 13.0. The fourth-order valence-electron chi connectivity index (χ4n) is 4.39. The third kappa shape index (κ3) is 4.61. The first-order valence-corrected chi connectivity index (χ1v) is 13.0. The van der Waals surface area contributed by atoms with Gasteiger partial charge in [-0.1, -0.05) is 47.7 Å². The number of thioether (sulfide) groups is 1. The van der Waals surface area contributed by atoms with Gasteiger partial charge in [0.2, 0.25) is 5.91 Å². The molecule has 0 aliphatic heterocycles. The maximum Gasteiger partial charge on any atom is 0.260 e. The number of rotatable bonds is 5. The van der Waals surface area contributed by atoms with Gasteiger partial charge in [0.15, 0.2) is 5.16 Å². The monoisotopic (exact) mass is 475 g/mol. The molecule has 168 valence electrons. The number of aromatic amines is 1. The average molecular weight is 476 g/mol. The van der Waals surface area contributed by atoms with E-state index in [9.17, 15) is 9.59 Å². The van der Waals surface area contributed by atoms with E-state index in [1.54, 1.807) is 0 Å². The molecule has 0 saturated carbocycles. The quantitative estimate of drug-likeness (QED) is 0.279. The first-order valence-electron chi connectivity index (χ1n) is 11.1. The number of hydrogen-bond acceptors (Lipinski definition) is 5. The highest BCUT2D eigenvalue weighted by atomic mass is 32.2. The molecule has 33 heavy (non-hydrogen) atoms. The summed E-state index contributed by atoms with van der Waals surface area (Å²) < 4.78 is 0. The lowest BCUT2D eigenvalue weighted by Gasteiger charge is -2.16. The molecule has 1 amide bonds. The summed E-state index contributed by atoms with van der Waals surface area (Å²) in [6.07, 6.45) is 4.71. The van der Waals surface area contributed by atoms with Crippen LogP contribution >= 0.6 is 23.1 Å². The molecular formula is C26H25N3O2S2. The topological polar surface area (TPSA) is 74.8 Å². The van der Waals surface area contributed by atoms with Gasteiger partial charge in [0.1, 0.15) is 4.83 Å². The number of thiophene rings is 1. The number of hydrogen-bond donors (Lipinski definition) is 2. The highest BCUT2D eigenvalue weighted by Crippen LogP contribution is 2.34. The predicted octanol–water partition coefficient (Wildman–Crippen LogP) is 5.88. The minimum absolute atomic E-state index is 0.129. The molecule has 5 rings (SSSR count). The molecule has 7 heteroatoms. The molecule has 0 fully saturated rings. The molecule has 4 aromatic rings. The molecule has 1 aliphatic carbocycles. The van der Waals surface area contributed by atoms with Crippen LogP contribution in [0.25, 0.3) is 21.3 Å². The summed E-state index contributed by atoms with van der Waals surface area (Å²) in [5, 5.41) is 6.03. The number of carbonyl (C=O) groups excluding carboxylic acids is 1. The van der Waals surface area contributed by atoms with Crippen LogP contribution in [-0.2, 0) is 17.6 Å². The summed E-state index contributed by atoms with van der Waals surface area (Å²) >= 11 is 2.71. The predicted molar refractivity (Wildman–Crippen MR) is 138 cm³/mol. The molecule has 5 nitrogen and oxygen atoms in total. The van der Waals surface area contributed by atoms with Crippen LogP contribution in [0.5, 0.6) is 0 Å². The maximum atomic E-state index is 13.0. The molecule has 0 unspecified atom stereocenters. The molecule has 2 heterocycles. The Bertz CT molecular complexity index is 1420. The molecule has 2 aromatic carbocycles. The van der Waals surface area contributed by atoms with Crippen LogP contribution in [0.3, 0.4) is 0 Å². The third-order valence-corrected chi connectivity index (χ3v) is 7.82. The van der Waals surface area contributed by atoms with Crippen LogP contribution in [0.15, 0.2) is 51.7 Å². The van der Waals surface area contributed by atoms with Crippen molar-refractivity contribution in [1.29, 1.82) is 0 Å². The Kier molecular flexibility index (Phi) is 6.08. The summed E-state index contributed by atoms with van der Waals surface area (Å²) in [6.45, 7) is 3.99. The summed E-state index contributed by atoms with van der Waals surface area (Å²) in [6, 6.07) is 12.5. The van der Waals surface area contributed by atoms with E-state index in [4.69, 9.17) is 0 Å². The van der Waals surface area contributed by atoms with Crippen molar-refractivity contribution in [3.8, 4) is 11.1 Å². The van der Waals surface area contributed by atoms with Crippen LogP contribution in [0.1, 0.15) is 35.1 Å². The lowest BCUT2D eigenvalue weighted by atomic mass is 9.89. The summed E-state index contributed by atoms with van der Waals surface area (Å²) in [5.74, 6) is 0.0424. The number of benzene rings is 2. The highest BCUT2D eigenvalue weighted by Gasteiger charge is 2.16. The smallest absolute Gasteiger partial charge is 0.260 e. The van der Waals surface area contributed by atoms with Gasteiger partial charge in [-0.15, -0.1) is 11.3 Å². The second kappa shape index (κ2) is 9.15. The number of aromatic nitrogens is 2. The first-order chi connectivity index (χ1) is 16.0. The Hall–Kier alpha value is -2.90. The minimum Gasteiger partial charge on any atom is -0.325 e. The molecule has 0 saturated heterocycles. The van der Waals surface area contributed by atoms with E-state index >= 15 is 0 Å². The van der Waals surface area contributed by atoms with E-state index in [-0.39, 0.29) is 17.2 Å². The second-order valence-corrected chi connectivity index (χ2v) is 10.4. The van der Waals surface area contributed by atoms with Crippen molar-refractivity contribution in [1.82, 2.24) is 9.97 Å². The average Bonchev–Trinajstić information content (AvgIpc) is 3.24. The number of fused-ring (bicyclic) bond motifs is 2. The Morgan fingerprint density at radius 1 is 1.12 bits per heavy atom. The van der Waals surface area contributed by atoms with Gasteiger partial charge >= 0.3 is 0 Å². The van der Waals surface area contributed by atoms with Crippen molar-refractivity contribution in [3.63, 3.8) is 0 Å². The molecule has 0 atom stereocenters. The van der Waals surface area contributed by atoms with E-state index in [2.05, 4.69) is 33.5 Å². The number of carbonyl (C=O) groups is 1. The number of nitrogens with one attached hydrogen (secondary N) is 2. The summed E-state index contributed by atoms with van der Waals surface area (Å²) in [4.78, 5) is 33.6. The largest absolute Gasteiger partial charge is 0.325 e. The van der Waals surface area contributed by atoms with Gasteiger partial charge in [0, 0.05) is 16.6 Å². The second-order valence-electron chi connectivity index (χ2n) is 8.55. The van der Waals surface area contributed by atoms with Crippen LogP contribution < -0.4 is 10.9 Å². The Morgan fingerprint density at radius 3 is 2.76 bits per heavy atom. The van der Waals surface area contributed by atoms with Crippen molar-refractivity contribution < 1.29 is 4.79 Å². The number of aryl methyl sites for hydroxylation is 4. The molecule has 0 spiro atoms. The van der Waals surface area contributed by atoms with Crippen molar-refractivity contribution in [2.24, 2.45) is 0 Å². The van der Waals surface area contributed by atoms with Crippen molar-refractivity contribution in [2.75, 3.05) is 11.1 Å². The molecule has 2 N–H and O–H groups in total. The first kappa shape index (κ1) is 21.9. The van der Waals surface area contributed by atoms with Gasteiger partial charge in [-0.05, 0) is 67.9 Å². The van der Waals surface area contributed by atoms with Crippen LogP contribution in [0.2, 0.25) is 0 Å². The van der Waals surface area contributed by atoms with Crippen molar-refractivity contribution >= 4 is 44.9 Å². The Balaban J connectivity index is 1.34. The van der Waals surface area contributed by atoms with Gasteiger partial charge in [0.25, 0.3) is 5.56 Å². The number of nitrogens with zero attached hydrogens (tertiary/aromatic N) is 1. The van der Waals surface area contributed by atoms with Gasteiger partial charge in [0.05, 0.1) is 11.1 Å².